The van der Waals surface area contributed by atoms with Crippen LogP contribution in [0.5, 0.6) is 0 Å². The van der Waals surface area contributed by atoms with Crippen LogP contribution in [0, 0.1) is 5.92 Å². The summed E-state index contributed by atoms with van der Waals surface area (Å²) in [5.41, 5.74) is 0. The van der Waals surface area contributed by atoms with E-state index in [0.717, 1.165) is 63.3 Å². The monoisotopic (exact) mass is 351 g/mol. The summed E-state index contributed by atoms with van der Waals surface area (Å²) in [5, 5.41) is 5.55. The fraction of sp³-hybridized carbons (Fsp3) is 0.765. The highest BCUT2D eigenvalue weighted by Crippen LogP contribution is 2.11. The Bertz CT molecular complexity index is 503. The molecule has 0 aromatic heterocycles. The van der Waals surface area contributed by atoms with E-state index < -0.39 is 23.8 Å². The first-order chi connectivity index (χ1) is 12.1. The molecule has 0 radical (unpaired) electrons. The number of carbonyl (C=O) groups excluding carboxylic acids is 3. The molecule has 25 heavy (non-hydrogen) atoms. The highest BCUT2D eigenvalue weighted by atomic mass is 16.2. The van der Waals surface area contributed by atoms with Gasteiger partial charge in [-0.05, 0) is 6.42 Å². The van der Waals surface area contributed by atoms with Gasteiger partial charge < -0.3 is 5.32 Å². The van der Waals surface area contributed by atoms with Gasteiger partial charge >= 0.3 is 6.03 Å². The van der Waals surface area contributed by atoms with Gasteiger partial charge in [-0.2, -0.15) is 0 Å². The zero-order valence-corrected chi connectivity index (χ0v) is 15.0. The van der Waals surface area contributed by atoms with Gasteiger partial charge in [0.25, 0.3) is 0 Å². The van der Waals surface area contributed by atoms with Gasteiger partial charge in [0.1, 0.15) is 0 Å². The van der Waals surface area contributed by atoms with Crippen LogP contribution in [0.15, 0.2) is 4.99 Å². The first-order valence-electron chi connectivity index (χ1n) is 9.22. The van der Waals surface area contributed by atoms with Crippen LogP contribution < -0.4 is 10.6 Å². The smallest absolute Gasteiger partial charge is 0.314 e. The average Bonchev–Trinajstić information content (AvgIpc) is 2.61. The van der Waals surface area contributed by atoms with Crippen molar-refractivity contribution < 1.29 is 14.4 Å². The summed E-state index contributed by atoms with van der Waals surface area (Å²) in [4.78, 5) is 43.9. The van der Waals surface area contributed by atoms with Crippen LogP contribution in [0.3, 0.4) is 0 Å². The van der Waals surface area contributed by atoms with E-state index in [4.69, 9.17) is 0 Å². The van der Waals surface area contributed by atoms with Crippen LogP contribution in [0.1, 0.15) is 32.6 Å². The van der Waals surface area contributed by atoms with Gasteiger partial charge in [0.2, 0.25) is 11.8 Å². The number of imide groups is 2. The third-order valence-electron chi connectivity index (χ3n) is 4.53. The molecule has 0 aliphatic carbocycles. The first-order valence-corrected chi connectivity index (χ1v) is 9.22. The third kappa shape index (κ3) is 5.89. The van der Waals surface area contributed by atoms with E-state index in [9.17, 15) is 14.4 Å². The third-order valence-corrected chi connectivity index (χ3v) is 4.53. The molecule has 2 aliphatic heterocycles. The molecule has 0 aromatic rings. The van der Waals surface area contributed by atoms with Crippen molar-refractivity contribution in [3.05, 3.63) is 0 Å². The number of unbranched alkanes of at least 4 members (excludes halogenated alkanes) is 3. The van der Waals surface area contributed by atoms with Crippen molar-refractivity contribution in [1.82, 2.24) is 20.4 Å². The molecule has 2 heterocycles. The van der Waals surface area contributed by atoms with Crippen LogP contribution in [0.4, 0.5) is 4.79 Å². The standard InChI is InChI=1S/C17H29N5O3/c1-2-3-4-5-9-22-16(24)14(15(23)20-17(22)25)13-19-8-12-21-10-6-18-7-11-21/h13-14,18H,2-12H2,1H3,(H,20,23,25)/t14-/m0/s1. The lowest BCUT2D eigenvalue weighted by atomic mass is 10.1. The van der Waals surface area contributed by atoms with E-state index in [1.54, 1.807) is 0 Å². The van der Waals surface area contributed by atoms with Crippen LogP contribution >= 0.6 is 0 Å². The van der Waals surface area contributed by atoms with E-state index in [1.807, 2.05) is 0 Å². The molecular weight excluding hydrogens is 322 g/mol. The fourth-order valence-corrected chi connectivity index (χ4v) is 2.98. The van der Waals surface area contributed by atoms with Gasteiger partial charge in [0, 0.05) is 45.5 Å². The minimum absolute atomic E-state index is 0.350. The fourth-order valence-electron chi connectivity index (χ4n) is 2.98. The molecule has 0 aromatic carbocycles. The lowest BCUT2D eigenvalue weighted by Gasteiger charge is -2.28. The van der Waals surface area contributed by atoms with Gasteiger partial charge in [-0.15, -0.1) is 0 Å². The first kappa shape index (κ1) is 19.5. The van der Waals surface area contributed by atoms with Gasteiger partial charge in [0.15, 0.2) is 5.92 Å². The number of urea groups is 1. The van der Waals surface area contributed by atoms with Crippen molar-refractivity contribution >= 4 is 24.1 Å². The van der Waals surface area contributed by atoms with Gasteiger partial charge in [-0.25, -0.2) is 4.79 Å². The molecule has 1 atom stereocenters. The van der Waals surface area contributed by atoms with Crippen molar-refractivity contribution in [2.75, 3.05) is 45.8 Å². The van der Waals surface area contributed by atoms with Crippen molar-refractivity contribution in [3.8, 4) is 0 Å². The van der Waals surface area contributed by atoms with Gasteiger partial charge in [0.05, 0.1) is 6.54 Å². The quantitative estimate of drug-likeness (QED) is 0.352. The largest absolute Gasteiger partial charge is 0.330 e. The second-order valence-electron chi connectivity index (χ2n) is 6.47. The Morgan fingerprint density at radius 3 is 2.60 bits per heavy atom. The maximum atomic E-state index is 12.4. The molecule has 0 unspecified atom stereocenters. The molecule has 2 fully saturated rings. The molecule has 8 nitrogen and oxygen atoms in total. The molecule has 4 amide bonds. The SMILES string of the molecule is CCCCCCN1C(=O)NC(=O)[C@H](C=NCCN2CCNCC2)C1=O. The number of carbonyl (C=O) groups is 3. The van der Waals surface area contributed by atoms with Crippen molar-refractivity contribution in [2.24, 2.45) is 10.9 Å². The van der Waals surface area contributed by atoms with E-state index in [1.165, 1.54) is 6.21 Å². The van der Waals surface area contributed by atoms with E-state index >= 15 is 0 Å². The topological polar surface area (TPSA) is 94.1 Å². The zero-order valence-electron chi connectivity index (χ0n) is 15.0. The summed E-state index contributed by atoms with van der Waals surface area (Å²) in [5.74, 6) is -2.03. The number of nitrogens with one attached hydrogen (secondary N) is 2. The molecule has 2 N–H and O–H groups in total. The number of nitrogens with zero attached hydrogens (tertiary/aromatic N) is 3. The molecule has 0 bridgehead atoms. The maximum Gasteiger partial charge on any atom is 0.330 e. The number of rotatable bonds is 9. The van der Waals surface area contributed by atoms with Crippen LogP contribution in [0.2, 0.25) is 0 Å². The molecular formula is C17H29N5O3. The predicted molar refractivity (Wildman–Crippen MR) is 95.6 cm³/mol. The minimum atomic E-state index is -0.994. The van der Waals surface area contributed by atoms with Gasteiger partial charge in [-0.1, -0.05) is 26.2 Å². The van der Waals surface area contributed by atoms with Crippen LogP contribution in [-0.2, 0) is 9.59 Å². The Balaban J connectivity index is 1.82. The second-order valence-corrected chi connectivity index (χ2v) is 6.47. The summed E-state index contributed by atoms with van der Waals surface area (Å²) in [6.07, 6.45) is 5.27. The lowest BCUT2D eigenvalue weighted by Crippen LogP contribution is -2.58. The number of barbiturate groups is 1. The summed E-state index contributed by atoms with van der Waals surface area (Å²) >= 11 is 0. The Morgan fingerprint density at radius 1 is 1.12 bits per heavy atom. The maximum absolute atomic E-state index is 12.4. The molecule has 8 heteroatoms. The second kappa shape index (κ2) is 10.2. The molecule has 0 spiro atoms. The molecule has 0 saturated carbocycles. The Morgan fingerprint density at radius 2 is 1.88 bits per heavy atom. The molecule has 2 saturated heterocycles. The minimum Gasteiger partial charge on any atom is -0.314 e. The summed E-state index contributed by atoms with van der Waals surface area (Å²) in [6, 6.07) is -0.614. The predicted octanol–water partition coefficient (Wildman–Crippen LogP) is 0.237. The van der Waals surface area contributed by atoms with E-state index in [-0.39, 0.29) is 0 Å². The summed E-state index contributed by atoms with van der Waals surface area (Å²) in [7, 11) is 0. The number of piperazine rings is 1. The molecule has 2 rings (SSSR count). The van der Waals surface area contributed by atoms with Crippen LogP contribution in [-0.4, -0.2) is 79.7 Å². The lowest BCUT2D eigenvalue weighted by molar-refractivity contribution is -0.139. The Hall–Kier alpha value is -1.80. The van der Waals surface area contributed by atoms with Gasteiger partial charge in [-0.3, -0.25) is 29.7 Å². The molecule has 140 valence electrons. The highest BCUT2D eigenvalue weighted by molar-refractivity contribution is 6.23. The van der Waals surface area contributed by atoms with Crippen molar-refractivity contribution in [3.63, 3.8) is 0 Å². The average molecular weight is 351 g/mol. The normalized spacial score (nSPS) is 22.7. The van der Waals surface area contributed by atoms with E-state index in [0.29, 0.717) is 13.1 Å². The molecule has 2 aliphatic rings. The number of hydrogen-bond donors (Lipinski definition) is 2. The number of amides is 4. The van der Waals surface area contributed by atoms with Crippen molar-refractivity contribution in [1.29, 1.82) is 0 Å². The Kier molecular flexibility index (Phi) is 8.00. The number of hydrogen-bond acceptors (Lipinski definition) is 6. The van der Waals surface area contributed by atoms with E-state index in [2.05, 4.69) is 27.4 Å². The summed E-state index contributed by atoms with van der Waals surface area (Å²) in [6.45, 7) is 7.72. The van der Waals surface area contributed by atoms with Crippen LogP contribution in [0.25, 0.3) is 0 Å². The Labute approximate surface area is 149 Å². The summed E-state index contributed by atoms with van der Waals surface area (Å²) < 4.78 is 0. The number of aliphatic imine (C=N–C) groups is 1. The zero-order chi connectivity index (χ0) is 18.1. The van der Waals surface area contributed by atoms with Crippen molar-refractivity contribution in [2.45, 2.75) is 32.6 Å². The highest BCUT2D eigenvalue weighted by Gasteiger charge is 2.39.